The predicted molar refractivity (Wildman–Crippen MR) is 66.9 cm³/mol. The summed E-state index contributed by atoms with van der Waals surface area (Å²) in [5, 5.41) is 12.7. The fourth-order valence-corrected chi connectivity index (χ4v) is 1.50. The van der Waals surface area contributed by atoms with Crippen molar-refractivity contribution in [1.82, 2.24) is 0 Å². The Balaban J connectivity index is 2.05. The van der Waals surface area contributed by atoms with Crippen molar-refractivity contribution in [2.75, 3.05) is 25.1 Å². The van der Waals surface area contributed by atoms with Crippen molar-refractivity contribution in [1.29, 1.82) is 0 Å². The highest BCUT2D eigenvalue weighted by atomic mass is 16.5. The second kappa shape index (κ2) is 7.99. The van der Waals surface area contributed by atoms with Crippen LogP contribution in [-0.2, 0) is 4.74 Å². The van der Waals surface area contributed by atoms with Crippen molar-refractivity contribution in [3.63, 3.8) is 0 Å². The molecule has 3 heteroatoms. The van der Waals surface area contributed by atoms with Crippen LogP contribution in [0.15, 0.2) is 24.3 Å². The zero-order valence-electron chi connectivity index (χ0n) is 9.91. The van der Waals surface area contributed by atoms with E-state index >= 15 is 0 Å². The molecule has 0 atom stereocenters. The number of rotatable bonds is 8. The first kappa shape index (κ1) is 12.8. The van der Waals surface area contributed by atoms with Gasteiger partial charge in [-0.15, -0.1) is 0 Å². The summed E-state index contributed by atoms with van der Waals surface area (Å²) >= 11 is 0. The van der Waals surface area contributed by atoms with Gasteiger partial charge in [0, 0.05) is 19.8 Å². The number of phenols is 1. The molecule has 0 fully saturated rings. The number of unbranched alkanes of at least 4 members (excludes halogenated alkanes) is 2. The lowest BCUT2D eigenvalue weighted by Crippen LogP contribution is -2.02. The van der Waals surface area contributed by atoms with Gasteiger partial charge in [0.1, 0.15) is 5.75 Å². The molecular formula is C13H21NO2. The second-order valence-corrected chi connectivity index (χ2v) is 3.70. The van der Waals surface area contributed by atoms with Crippen LogP contribution in [-0.4, -0.2) is 24.9 Å². The molecule has 0 aliphatic rings. The van der Waals surface area contributed by atoms with Crippen LogP contribution >= 0.6 is 0 Å². The summed E-state index contributed by atoms with van der Waals surface area (Å²) in [6, 6.07) is 7.31. The Morgan fingerprint density at radius 1 is 1.19 bits per heavy atom. The molecule has 0 saturated carbocycles. The molecule has 1 aromatic carbocycles. The third kappa shape index (κ3) is 5.03. The number of phenolic OH excluding ortho intramolecular Hbond substituents is 1. The van der Waals surface area contributed by atoms with E-state index in [1.54, 1.807) is 6.07 Å². The molecule has 0 heterocycles. The molecule has 0 amide bonds. The molecule has 1 rings (SSSR count). The first-order valence-electron chi connectivity index (χ1n) is 5.94. The van der Waals surface area contributed by atoms with Crippen molar-refractivity contribution in [3.05, 3.63) is 24.3 Å². The van der Waals surface area contributed by atoms with E-state index in [2.05, 4.69) is 5.32 Å². The summed E-state index contributed by atoms with van der Waals surface area (Å²) in [6.07, 6.45) is 3.36. The van der Waals surface area contributed by atoms with Gasteiger partial charge in [-0.05, 0) is 38.3 Å². The number of para-hydroxylation sites is 2. The average Bonchev–Trinajstić information content (AvgIpc) is 2.30. The van der Waals surface area contributed by atoms with E-state index in [4.69, 9.17) is 4.74 Å². The number of ether oxygens (including phenoxy) is 1. The van der Waals surface area contributed by atoms with Gasteiger partial charge in [-0.1, -0.05) is 12.1 Å². The number of hydrogen-bond acceptors (Lipinski definition) is 3. The lowest BCUT2D eigenvalue weighted by molar-refractivity contribution is 0.143. The Kier molecular flexibility index (Phi) is 6.42. The zero-order valence-corrected chi connectivity index (χ0v) is 9.91. The van der Waals surface area contributed by atoms with Crippen LogP contribution in [0.3, 0.4) is 0 Å². The van der Waals surface area contributed by atoms with Crippen molar-refractivity contribution >= 4 is 5.69 Å². The number of aromatic hydroxyl groups is 1. The number of nitrogens with one attached hydrogen (secondary N) is 1. The lowest BCUT2D eigenvalue weighted by Gasteiger charge is -2.07. The number of hydrogen-bond donors (Lipinski definition) is 2. The fourth-order valence-electron chi connectivity index (χ4n) is 1.50. The topological polar surface area (TPSA) is 41.5 Å². The number of benzene rings is 1. The van der Waals surface area contributed by atoms with Gasteiger partial charge in [-0.2, -0.15) is 0 Å². The lowest BCUT2D eigenvalue weighted by atomic mass is 10.2. The van der Waals surface area contributed by atoms with E-state index in [1.165, 1.54) is 0 Å². The first-order chi connectivity index (χ1) is 7.84. The Hall–Kier alpha value is -1.22. The van der Waals surface area contributed by atoms with Crippen LogP contribution in [0.2, 0.25) is 0 Å². The summed E-state index contributed by atoms with van der Waals surface area (Å²) in [6.45, 7) is 4.56. The van der Waals surface area contributed by atoms with Gasteiger partial charge in [0.25, 0.3) is 0 Å². The van der Waals surface area contributed by atoms with Crippen molar-refractivity contribution in [3.8, 4) is 5.75 Å². The quantitative estimate of drug-likeness (QED) is 0.526. The SMILES string of the molecule is CCOCCCCCNc1ccccc1O. The highest BCUT2D eigenvalue weighted by Crippen LogP contribution is 2.21. The van der Waals surface area contributed by atoms with Gasteiger partial charge in [-0.25, -0.2) is 0 Å². The monoisotopic (exact) mass is 223 g/mol. The van der Waals surface area contributed by atoms with Crippen molar-refractivity contribution in [2.24, 2.45) is 0 Å². The van der Waals surface area contributed by atoms with Crippen LogP contribution in [0.1, 0.15) is 26.2 Å². The first-order valence-corrected chi connectivity index (χ1v) is 5.94. The van der Waals surface area contributed by atoms with Crippen LogP contribution < -0.4 is 5.32 Å². The molecule has 16 heavy (non-hydrogen) atoms. The molecule has 0 aliphatic heterocycles. The van der Waals surface area contributed by atoms with Crippen molar-refractivity contribution < 1.29 is 9.84 Å². The Morgan fingerprint density at radius 3 is 2.75 bits per heavy atom. The second-order valence-electron chi connectivity index (χ2n) is 3.70. The molecule has 0 aliphatic carbocycles. The fraction of sp³-hybridized carbons (Fsp3) is 0.538. The third-order valence-electron chi connectivity index (χ3n) is 2.39. The smallest absolute Gasteiger partial charge is 0.138 e. The average molecular weight is 223 g/mol. The van der Waals surface area contributed by atoms with E-state index in [0.717, 1.165) is 44.7 Å². The molecule has 1 aromatic rings. The van der Waals surface area contributed by atoms with Crippen LogP contribution in [0.25, 0.3) is 0 Å². The van der Waals surface area contributed by atoms with Gasteiger partial charge in [-0.3, -0.25) is 0 Å². The summed E-state index contributed by atoms with van der Waals surface area (Å²) in [7, 11) is 0. The largest absolute Gasteiger partial charge is 0.506 e. The van der Waals surface area contributed by atoms with E-state index in [-0.39, 0.29) is 0 Å². The standard InChI is InChI=1S/C13H21NO2/c1-2-16-11-7-3-6-10-14-12-8-4-5-9-13(12)15/h4-5,8-9,14-15H,2-3,6-7,10-11H2,1H3. The maximum Gasteiger partial charge on any atom is 0.138 e. The van der Waals surface area contributed by atoms with E-state index in [0.29, 0.717) is 5.75 Å². The molecule has 3 nitrogen and oxygen atoms in total. The minimum absolute atomic E-state index is 0.316. The molecule has 0 radical (unpaired) electrons. The molecule has 0 saturated heterocycles. The molecule has 0 unspecified atom stereocenters. The van der Waals surface area contributed by atoms with E-state index in [1.807, 2.05) is 25.1 Å². The summed E-state index contributed by atoms with van der Waals surface area (Å²) in [5.41, 5.74) is 0.812. The molecule has 0 aromatic heterocycles. The van der Waals surface area contributed by atoms with Crippen molar-refractivity contribution in [2.45, 2.75) is 26.2 Å². The number of anilines is 1. The van der Waals surface area contributed by atoms with Gasteiger partial charge >= 0.3 is 0 Å². The van der Waals surface area contributed by atoms with E-state index in [9.17, 15) is 5.11 Å². The van der Waals surface area contributed by atoms with Crippen LogP contribution in [0.4, 0.5) is 5.69 Å². The van der Waals surface area contributed by atoms with Gasteiger partial charge < -0.3 is 15.2 Å². The predicted octanol–water partition coefficient (Wildman–Crippen LogP) is 3.01. The third-order valence-corrected chi connectivity index (χ3v) is 2.39. The maximum absolute atomic E-state index is 9.50. The normalized spacial score (nSPS) is 10.3. The summed E-state index contributed by atoms with van der Waals surface area (Å²) in [4.78, 5) is 0. The highest BCUT2D eigenvalue weighted by Gasteiger charge is 1.97. The summed E-state index contributed by atoms with van der Waals surface area (Å²) in [5.74, 6) is 0.316. The van der Waals surface area contributed by atoms with Gasteiger partial charge in [0.2, 0.25) is 0 Å². The molecule has 90 valence electrons. The Morgan fingerprint density at radius 2 is 2.00 bits per heavy atom. The van der Waals surface area contributed by atoms with Crippen LogP contribution in [0.5, 0.6) is 5.75 Å². The molecule has 0 bridgehead atoms. The van der Waals surface area contributed by atoms with Gasteiger partial charge in [0.15, 0.2) is 0 Å². The van der Waals surface area contributed by atoms with Gasteiger partial charge in [0.05, 0.1) is 5.69 Å². The van der Waals surface area contributed by atoms with E-state index < -0.39 is 0 Å². The Labute approximate surface area is 97.4 Å². The highest BCUT2D eigenvalue weighted by molar-refractivity contribution is 5.54. The zero-order chi connectivity index (χ0) is 11.6. The minimum Gasteiger partial charge on any atom is -0.506 e. The Bertz CT molecular complexity index is 289. The van der Waals surface area contributed by atoms with Crippen LogP contribution in [0, 0.1) is 0 Å². The molecule has 2 N–H and O–H groups in total. The maximum atomic E-state index is 9.50. The summed E-state index contributed by atoms with van der Waals surface area (Å²) < 4.78 is 5.26. The molecule has 0 spiro atoms. The molecular weight excluding hydrogens is 202 g/mol. The minimum atomic E-state index is 0.316.